The van der Waals surface area contributed by atoms with Gasteiger partial charge in [-0.2, -0.15) is 0 Å². The van der Waals surface area contributed by atoms with Crippen molar-refractivity contribution in [2.24, 2.45) is 0 Å². The lowest BCUT2D eigenvalue weighted by molar-refractivity contribution is 0.0689. The maximum absolute atomic E-state index is 10.6. The molecule has 2 heterocycles. The molecule has 0 unspecified atom stereocenters. The van der Waals surface area contributed by atoms with Crippen molar-refractivity contribution >= 4 is 5.97 Å². The molecule has 2 rings (SSSR count). The fourth-order valence-corrected chi connectivity index (χ4v) is 1.76. The summed E-state index contributed by atoms with van der Waals surface area (Å²) in [7, 11) is 2.08. The molecule has 0 radical (unpaired) electrons. The van der Waals surface area contributed by atoms with Gasteiger partial charge in [0.2, 0.25) is 5.88 Å². The van der Waals surface area contributed by atoms with Crippen LogP contribution in [0.25, 0.3) is 0 Å². The molecule has 0 saturated carbocycles. The van der Waals surface area contributed by atoms with E-state index < -0.39 is 5.97 Å². The van der Waals surface area contributed by atoms with Crippen LogP contribution in [-0.2, 0) is 0 Å². The largest absolute Gasteiger partial charge is 0.476 e. The fraction of sp³-hybridized carbons (Fsp3) is 0.545. The van der Waals surface area contributed by atoms with Crippen LogP contribution in [0.5, 0.6) is 5.88 Å². The minimum atomic E-state index is -1.08. The van der Waals surface area contributed by atoms with Gasteiger partial charge in [-0.15, -0.1) is 0 Å². The fourth-order valence-electron chi connectivity index (χ4n) is 1.76. The van der Waals surface area contributed by atoms with Crippen molar-refractivity contribution < 1.29 is 14.6 Å². The summed E-state index contributed by atoms with van der Waals surface area (Å²) < 4.78 is 5.65. The lowest BCUT2D eigenvalue weighted by atomic mass is 10.1. The summed E-state index contributed by atoms with van der Waals surface area (Å²) in [5.41, 5.74) is -0.0688. The summed E-state index contributed by atoms with van der Waals surface area (Å²) in [4.78, 5) is 20.5. The summed E-state index contributed by atoms with van der Waals surface area (Å²) in [6.07, 6.45) is 4.64. The molecule has 1 fully saturated rings. The highest BCUT2D eigenvalue weighted by atomic mass is 16.5. The Morgan fingerprint density at radius 3 is 2.65 bits per heavy atom. The third-order valence-electron chi connectivity index (χ3n) is 2.80. The van der Waals surface area contributed by atoms with E-state index in [0.29, 0.717) is 5.88 Å². The molecule has 1 aliphatic rings. The van der Waals surface area contributed by atoms with E-state index in [1.807, 2.05) is 0 Å². The van der Waals surface area contributed by atoms with Crippen molar-refractivity contribution in [2.45, 2.75) is 18.9 Å². The van der Waals surface area contributed by atoms with Gasteiger partial charge < -0.3 is 14.7 Å². The van der Waals surface area contributed by atoms with Crippen molar-refractivity contribution in [3.8, 4) is 5.88 Å². The number of aromatic carboxylic acids is 1. The number of ether oxygens (including phenoxy) is 1. The zero-order valence-corrected chi connectivity index (χ0v) is 9.67. The van der Waals surface area contributed by atoms with Crippen LogP contribution < -0.4 is 4.74 Å². The molecule has 1 aromatic heterocycles. The molecule has 6 heteroatoms. The molecule has 0 aliphatic carbocycles. The Morgan fingerprint density at radius 1 is 1.41 bits per heavy atom. The van der Waals surface area contributed by atoms with E-state index in [4.69, 9.17) is 9.84 Å². The molecule has 92 valence electrons. The van der Waals surface area contributed by atoms with E-state index in [2.05, 4.69) is 21.9 Å². The summed E-state index contributed by atoms with van der Waals surface area (Å²) in [5, 5.41) is 8.68. The number of hydrogen-bond donors (Lipinski definition) is 1. The predicted octanol–water partition coefficient (Wildman–Crippen LogP) is 0.648. The number of nitrogens with zero attached hydrogens (tertiary/aromatic N) is 3. The first-order chi connectivity index (χ1) is 8.15. The topological polar surface area (TPSA) is 75.5 Å². The standard InChI is InChI=1S/C11H15N3O3/c1-14-4-2-8(3-5-14)17-10-7-12-9(6-13-10)11(15)16/h6-8H,2-5H2,1H3,(H,15,16). The molecule has 0 aromatic carbocycles. The highest BCUT2D eigenvalue weighted by Crippen LogP contribution is 2.15. The maximum Gasteiger partial charge on any atom is 0.356 e. The number of likely N-dealkylation sites (tertiary alicyclic amines) is 1. The monoisotopic (exact) mass is 237 g/mol. The van der Waals surface area contributed by atoms with Gasteiger partial charge in [0, 0.05) is 13.1 Å². The predicted molar refractivity (Wildman–Crippen MR) is 60.1 cm³/mol. The molecule has 1 saturated heterocycles. The molecule has 1 aliphatic heterocycles. The van der Waals surface area contributed by atoms with Gasteiger partial charge >= 0.3 is 5.97 Å². The number of aromatic nitrogens is 2. The quantitative estimate of drug-likeness (QED) is 0.831. The van der Waals surface area contributed by atoms with E-state index in [0.717, 1.165) is 25.9 Å². The average molecular weight is 237 g/mol. The third kappa shape index (κ3) is 3.13. The third-order valence-corrected chi connectivity index (χ3v) is 2.80. The van der Waals surface area contributed by atoms with Crippen LogP contribution >= 0.6 is 0 Å². The minimum absolute atomic E-state index is 0.0688. The van der Waals surface area contributed by atoms with Crippen LogP contribution in [0.2, 0.25) is 0 Å². The second-order valence-corrected chi connectivity index (χ2v) is 4.17. The zero-order chi connectivity index (χ0) is 12.3. The van der Waals surface area contributed by atoms with Crippen LogP contribution in [-0.4, -0.2) is 52.2 Å². The van der Waals surface area contributed by atoms with E-state index in [9.17, 15) is 4.79 Å². The van der Waals surface area contributed by atoms with Crippen LogP contribution in [0, 0.1) is 0 Å². The van der Waals surface area contributed by atoms with Crippen molar-refractivity contribution in [1.29, 1.82) is 0 Å². The van der Waals surface area contributed by atoms with E-state index in [-0.39, 0.29) is 11.8 Å². The second kappa shape index (κ2) is 5.09. The number of carbonyl (C=O) groups is 1. The number of carboxylic acids is 1. The first kappa shape index (κ1) is 11.8. The second-order valence-electron chi connectivity index (χ2n) is 4.17. The Hall–Kier alpha value is -1.69. The number of rotatable bonds is 3. The van der Waals surface area contributed by atoms with Gasteiger partial charge in [-0.05, 0) is 19.9 Å². The lowest BCUT2D eigenvalue weighted by Gasteiger charge is -2.28. The Balaban J connectivity index is 1.92. The molecular formula is C11H15N3O3. The van der Waals surface area contributed by atoms with Gasteiger partial charge in [0.05, 0.1) is 12.4 Å². The number of piperidine rings is 1. The molecule has 1 N–H and O–H groups in total. The van der Waals surface area contributed by atoms with E-state index in [1.165, 1.54) is 12.4 Å². The highest BCUT2D eigenvalue weighted by molar-refractivity contribution is 5.84. The first-order valence-electron chi connectivity index (χ1n) is 5.55. The minimum Gasteiger partial charge on any atom is -0.476 e. The molecule has 6 nitrogen and oxygen atoms in total. The Labute approximate surface area is 99.2 Å². The molecule has 0 atom stereocenters. The van der Waals surface area contributed by atoms with Crippen LogP contribution in [0.15, 0.2) is 12.4 Å². The number of carboxylic acid groups (broad SMARTS) is 1. The van der Waals surface area contributed by atoms with Crippen LogP contribution in [0.1, 0.15) is 23.3 Å². The molecule has 0 spiro atoms. The maximum atomic E-state index is 10.6. The summed E-state index contributed by atoms with van der Waals surface area (Å²) in [5.74, 6) is -0.687. The van der Waals surface area contributed by atoms with E-state index >= 15 is 0 Å². The van der Waals surface area contributed by atoms with E-state index in [1.54, 1.807) is 0 Å². The van der Waals surface area contributed by atoms with Crippen molar-refractivity contribution in [3.05, 3.63) is 18.1 Å². The molecule has 17 heavy (non-hydrogen) atoms. The van der Waals surface area contributed by atoms with Gasteiger partial charge in [-0.25, -0.2) is 14.8 Å². The Bertz CT molecular complexity index is 385. The SMILES string of the molecule is CN1CCC(Oc2cnc(C(=O)O)cn2)CC1. The van der Waals surface area contributed by atoms with Gasteiger partial charge in [0.15, 0.2) is 5.69 Å². The van der Waals surface area contributed by atoms with Gasteiger partial charge in [0.25, 0.3) is 0 Å². The molecule has 0 amide bonds. The Morgan fingerprint density at radius 2 is 2.12 bits per heavy atom. The summed E-state index contributed by atoms with van der Waals surface area (Å²) >= 11 is 0. The first-order valence-corrected chi connectivity index (χ1v) is 5.55. The summed E-state index contributed by atoms with van der Waals surface area (Å²) in [6, 6.07) is 0. The zero-order valence-electron chi connectivity index (χ0n) is 9.67. The van der Waals surface area contributed by atoms with Crippen molar-refractivity contribution in [3.63, 3.8) is 0 Å². The molecular weight excluding hydrogens is 222 g/mol. The van der Waals surface area contributed by atoms with Crippen LogP contribution in [0.3, 0.4) is 0 Å². The lowest BCUT2D eigenvalue weighted by Crippen LogP contribution is -2.35. The molecule has 1 aromatic rings. The van der Waals surface area contributed by atoms with Crippen LogP contribution in [0.4, 0.5) is 0 Å². The summed E-state index contributed by atoms with van der Waals surface area (Å²) in [6.45, 7) is 2.01. The molecule has 0 bridgehead atoms. The normalized spacial score (nSPS) is 17.9. The van der Waals surface area contributed by atoms with Gasteiger partial charge in [-0.3, -0.25) is 0 Å². The van der Waals surface area contributed by atoms with Crippen molar-refractivity contribution in [1.82, 2.24) is 14.9 Å². The smallest absolute Gasteiger partial charge is 0.356 e. The van der Waals surface area contributed by atoms with Crippen molar-refractivity contribution in [2.75, 3.05) is 20.1 Å². The van der Waals surface area contributed by atoms with Gasteiger partial charge in [-0.1, -0.05) is 0 Å². The average Bonchev–Trinajstić information content (AvgIpc) is 2.33. The Kier molecular flexibility index (Phi) is 3.53. The number of hydrogen-bond acceptors (Lipinski definition) is 5. The van der Waals surface area contributed by atoms with Gasteiger partial charge in [0.1, 0.15) is 6.10 Å². The highest BCUT2D eigenvalue weighted by Gasteiger charge is 2.18.